The van der Waals surface area contributed by atoms with Crippen LogP contribution in [0.25, 0.3) is 0 Å². The van der Waals surface area contributed by atoms with Crippen LogP contribution >= 0.6 is 0 Å². The fourth-order valence-corrected chi connectivity index (χ4v) is 1.19. The number of hydrogen-bond acceptors (Lipinski definition) is 1. The van der Waals surface area contributed by atoms with Crippen molar-refractivity contribution in [1.29, 1.82) is 0 Å². The highest BCUT2D eigenvalue weighted by Crippen LogP contribution is 2.07. The lowest BCUT2D eigenvalue weighted by Crippen LogP contribution is -2.28. The first-order valence-corrected chi connectivity index (χ1v) is 4.46. The van der Waals surface area contributed by atoms with Crippen LogP contribution in [-0.4, -0.2) is 10.6 Å². The van der Waals surface area contributed by atoms with Gasteiger partial charge in [0.25, 0.3) is 0 Å². The van der Waals surface area contributed by atoms with Crippen LogP contribution in [0.15, 0.2) is 18.5 Å². The predicted octanol–water partition coefficient (Wildman–Crippen LogP) is 1.55. The Morgan fingerprint density at radius 2 is 2.17 bits per heavy atom. The van der Waals surface area contributed by atoms with E-state index in [1.165, 1.54) is 5.56 Å². The predicted molar refractivity (Wildman–Crippen MR) is 51.9 cm³/mol. The van der Waals surface area contributed by atoms with Gasteiger partial charge in [0.05, 0.1) is 0 Å². The first-order chi connectivity index (χ1) is 5.59. The summed E-state index contributed by atoms with van der Waals surface area (Å²) in [5, 5.41) is 0. The first kappa shape index (κ1) is 9.33. The van der Waals surface area contributed by atoms with Gasteiger partial charge in [-0.1, -0.05) is 13.8 Å². The van der Waals surface area contributed by atoms with E-state index in [0.717, 1.165) is 6.42 Å². The highest BCUT2D eigenvalue weighted by Gasteiger charge is 2.08. The van der Waals surface area contributed by atoms with Gasteiger partial charge in [0.2, 0.25) is 0 Å². The third-order valence-corrected chi connectivity index (χ3v) is 2.22. The molecule has 1 atom stereocenters. The van der Waals surface area contributed by atoms with E-state index in [1.54, 1.807) is 0 Å². The van der Waals surface area contributed by atoms with Gasteiger partial charge in [-0.25, -0.2) is 0 Å². The molecule has 0 amide bonds. The summed E-state index contributed by atoms with van der Waals surface area (Å²) in [6, 6.07) is 2.41. The number of nitrogens with two attached hydrogens (primary N) is 1. The molecule has 2 heteroatoms. The number of nitrogens with zero attached hydrogens (tertiary/aromatic N) is 1. The van der Waals surface area contributed by atoms with Crippen LogP contribution in [0, 0.1) is 5.92 Å². The molecule has 12 heavy (non-hydrogen) atoms. The standard InChI is InChI=1S/C10H18N2/c1-8(2)10(11)6-9-4-5-12(3)7-9/h4-5,7-8,10H,6,11H2,1-3H3. The van der Waals surface area contributed by atoms with Gasteiger partial charge in [0.1, 0.15) is 0 Å². The van der Waals surface area contributed by atoms with Crippen LogP contribution in [0.4, 0.5) is 0 Å². The molecule has 0 bridgehead atoms. The van der Waals surface area contributed by atoms with Crippen LogP contribution in [0.2, 0.25) is 0 Å². The molecule has 1 aromatic rings. The van der Waals surface area contributed by atoms with Crippen molar-refractivity contribution in [1.82, 2.24) is 4.57 Å². The van der Waals surface area contributed by atoms with Gasteiger partial charge in [-0.05, 0) is 24.0 Å². The molecule has 0 fully saturated rings. The van der Waals surface area contributed by atoms with Gasteiger partial charge in [0.15, 0.2) is 0 Å². The summed E-state index contributed by atoms with van der Waals surface area (Å²) < 4.78 is 2.06. The highest BCUT2D eigenvalue weighted by molar-refractivity contribution is 5.11. The third-order valence-electron chi connectivity index (χ3n) is 2.22. The summed E-state index contributed by atoms with van der Waals surface area (Å²) in [5.41, 5.74) is 7.28. The second kappa shape index (κ2) is 3.76. The Morgan fingerprint density at radius 3 is 2.58 bits per heavy atom. The van der Waals surface area contributed by atoms with Crippen molar-refractivity contribution in [3.05, 3.63) is 24.0 Å². The summed E-state index contributed by atoms with van der Waals surface area (Å²) in [6.45, 7) is 4.32. The Bertz CT molecular complexity index is 238. The summed E-state index contributed by atoms with van der Waals surface area (Å²) in [4.78, 5) is 0. The molecule has 0 spiro atoms. The molecule has 0 saturated heterocycles. The lowest BCUT2D eigenvalue weighted by atomic mass is 9.99. The van der Waals surface area contributed by atoms with Gasteiger partial charge in [-0.3, -0.25) is 0 Å². The molecule has 0 saturated carbocycles. The molecule has 2 N–H and O–H groups in total. The van der Waals surface area contributed by atoms with Gasteiger partial charge in [0, 0.05) is 25.5 Å². The normalized spacial score (nSPS) is 13.8. The van der Waals surface area contributed by atoms with Gasteiger partial charge in [-0.2, -0.15) is 0 Å². The van der Waals surface area contributed by atoms with Crippen molar-refractivity contribution < 1.29 is 0 Å². The summed E-state index contributed by atoms with van der Waals surface area (Å²) in [6.07, 6.45) is 5.17. The van der Waals surface area contributed by atoms with Crippen molar-refractivity contribution in [2.45, 2.75) is 26.3 Å². The molecule has 68 valence electrons. The Kier molecular flexibility index (Phi) is 2.93. The molecule has 0 aliphatic carbocycles. The topological polar surface area (TPSA) is 30.9 Å². The molecule has 1 heterocycles. The molecular weight excluding hydrogens is 148 g/mol. The molecule has 1 rings (SSSR count). The average Bonchev–Trinajstić information content (AvgIpc) is 2.35. The van der Waals surface area contributed by atoms with Crippen molar-refractivity contribution in [3.63, 3.8) is 0 Å². The van der Waals surface area contributed by atoms with Gasteiger partial charge >= 0.3 is 0 Å². The van der Waals surface area contributed by atoms with E-state index >= 15 is 0 Å². The second-order valence-corrected chi connectivity index (χ2v) is 3.80. The van der Waals surface area contributed by atoms with Crippen LogP contribution in [-0.2, 0) is 13.5 Å². The van der Waals surface area contributed by atoms with E-state index in [9.17, 15) is 0 Å². The summed E-state index contributed by atoms with van der Waals surface area (Å²) in [7, 11) is 2.03. The van der Waals surface area contributed by atoms with Crippen molar-refractivity contribution in [3.8, 4) is 0 Å². The number of rotatable bonds is 3. The van der Waals surface area contributed by atoms with Crippen LogP contribution in [0.5, 0.6) is 0 Å². The number of aryl methyl sites for hydroxylation is 1. The van der Waals surface area contributed by atoms with E-state index < -0.39 is 0 Å². The fraction of sp³-hybridized carbons (Fsp3) is 0.600. The lowest BCUT2D eigenvalue weighted by Gasteiger charge is -2.13. The second-order valence-electron chi connectivity index (χ2n) is 3.80. The maximum absolute atomic E-state index is 5.95. The van der Waals surface area contributed by atoms with Crippen molar-refractivity contribution >= 4 is 0 Å². The Morgan fingerprint density at radius 1 is 1.50 bits per heavy atom. The van der Waals surface area contributed by atoms with Crippen LogP contribution < -0.4 is 5.73 Å². The van der Waals surface area contributed by atoms with Gasteiger partial charge < -0.3 is 10.3 Å². The van der Waals surface area contributed by atoms with Crippen LogP contribution in [0.1, 0.15) is 19.4 Å². The zero-order valence-corrected chi connectivity index (χ0v) is 8.12. The molecule has 0 aliphatic rings. The lowest BCUT2D eigenvalue weighted by molar-refractivity contribution is 0.490. The zero-order chi connectivity index (χ0) is 9.14. The molecule has 0 aromatic carbocycles. The van der Waals surface area contributed by atoms with E-state index in [2.05, 4.69) is 36.9 Å². The van der Waals surface area contributed by atoms with Crippen molar-refractivity contribution in [2.24, 2.45) is 18.7 Å². The monoisotopic (exact) mass is 166 g/mol. The molecule has 1 aromatic heterocycles. The molecule has 1 unspecified atom stereocenters. The Hall–Kier alpha value is -0.760. The minimum atomic E-state index is 0.285. The number of hydrogen-bond donors (Lipinski definition) is 1. The molecule has 0 aliphatic heterocycles. The maximum Gasteiger partial charge on any atom is 0.0106 e. The maximum atomic E-state index is 5.95. The van der Waals surface area contributed by atoms with E-state index in [4.69, 9.17) is 5.73 Å². The third kappa shape index (κ3) is 2.38. The summed E-state index contributed by atoms with van der Waals surface area (Å²) >= 11 is 0. The van der Waals surface area contributed by atoms with E-state index in [-0.39, 0.29) is 6.04 Å². The molecular formula is C10H18N2. The zero-order valence-electron chi connectivity index (χ0n) is 8.12. The summed E-state index contributed by atoms with van der Waals surface area (Å²) in [5.74, 6) is 0.560. The van der Waals surface area contributed by atoms with Crippen LogP contribution in [0.3, 0.4) is 0 Å². The minimum Gasteiger partial charge on any atom is -0.357 e. The molecule has 2 nitrogen and oxygen atoms in total. The Labute approximate surface area is 74.4 Å². The van der Waals surface area contributed by atoms with E-state index in [1.807, 2.05) is 7.05 Å². The quantitative estimate of drug-likeness (QED) is 0.725. The Balaban J connectivity index is 2.52. The smallest absolute Gasteiger partial charge is 0.0106 e. The highest BCUT2D eigenvalue weighted by atomic mass is 14.9. The number of aromatic nitrogens is 1. The molecule has 0 radical (unpaired) electrons. The fourth-order valence-electron chi connectivity index (χ4n) is 1.19. The van der Waals surface area contributed by atoms with Crippen molar-refractivity contribution in [2.75, 3.05) is 0 Å². The largest absolute Gasteiger partial charge is 0.357 e. The first-order valence-electron chi connectivity index (χ1n) is 4.46. The SMILES string of the molecule is CC(C)C(N)Cc1ccn(C)c1. The van der Waals surface area contributed by atoms with E-state index in [0.29, 0.717) is 5.92 Å². The average molecular weight is 166 g/mol. The van der Waals surface area contributed by atoms with Gasteiger partial charge in [-0.15, -0.1) is 0 Å². The minimum absolute atomic E-state index is 0.285.